The van der Waals surface area contributed by atoms with Crippen LogP contribution in [0.25, 0.3) is 0 Å². The zero-order chi connectivity index (χ0) is 18.5. The molecule has 2 aromatic carbocycles. The Balaban J connectivity index is 1.31. The van der Waals surface area contributed by atoms with Crippen molar-refractivity contribution in [2.45, 2.75) is 13.1 Å². The molecule has 27 heavy (non-hydrogen) atoms. The number of amides is 1. The maximum absolute atomic E-state index is 12.1. The lowest BCUT2D eigenvalue weighted by atomic mass is 10.0. The van der Waals surface area contributed by atoms with Crippen molar-refractivity contribution < 1.29 is 4.79 Å². The Kier molecular flexibility index (Phi) is 5.70. The monoisotopic (exact) mass is 364 g/mol. The van der Waals surface area contributed by atoms with E-state index in [1.807, 2.05) is 0 Å². The van der Waals surface area contributed by atoms with E-state index in [1.165, 1.54) is 16.8 Å². The molecule has 0 spiro atoms. The normalized spacial score (nSPS) is 18.1. The Morgan fingerprint density at radius 3 is 2.26 bits per heavy atom. The van der Waals surface area contributed by atoms with Crippen LogP contribution in [0.1, 0.15) is 11.1 Å². The Morgan fingerprint density at radius 2 is 1.59 bits per heavy atom. The van der Waals surface area contributed by atoms with E-state index in [4.69, 9.17) is 0 Å². The second kappa shape index (κ2) is 8.55. The van der Waals surface area contributed by atoms with Crippen molar-refractivity contribution in [1.29, 1.82) is 0 Å². The van der Waals surface area contributed by atoms with Gasteiger partial charge in [-0.15, -0.1) is 0 Å². The third-order valence-corrected chi connectivity index (χ3v) is 5.61. The number of hydrogen-bond donors (Lipinski definition) is 2. The highest BCUT2D eigenvalue weighted by atomic mass is 16.2. The van der Waals surface area contributed by atoms with Gasteiger partial charge in [-0.3, -0.25) is 9.69 Å². The van der Waals surface area contributed by atoms with Crippen LogP contribution in [0.15, 0.2) is 54.6 Å². The molecule has 0 aromatic heterocycles. The lowest BCUT2D eigenvalue weighted by molar-refractivity contribution is -0.126. The van der Waals surface area contributed by atoms with E-state index >= 15 is 0 Å². The lowest BCUT2D eigenvalue weighted by Gasteiger charge is -2.36. The van der Waals surface area contributed by atoms with Gasteiger partial charge in [0, 0.05) is 58.0 Å². The molecule has 2 aliphatic heterocycles. The molecule has 5 heteroatoms. The van der Waals surface area contributed by atoms with E-state index in [0.29, 0.717) is 6.54 Å². The molecule has 0 radical (unpaired) electrons. The summed E-state index contributed by atoms with van der Waals surface area (Å²) in [4.78, 5) is 17.1. The highest BCUT2D eigenvalue weighted by Gasteiger charge is 2.24. The summed E-state index contributed by atoms with van der Waals surface area (Å²) < 4.78 is 0. The Hall–Kier alpha value is -2.37. The fourth-order valence-corrected chi connectivity index (χ4v) is 3.73. The van der Waals surface area contributed by atoms with Crippen LogP contribution >= 0.6 is 0 Å². The van der Waals surface area contributed by atoms with Gasteiger partial charge in [0.15, 0.2) is 0 Å². The number of benzene rings is 2. The number of rotatable bonds is 6. The van der Waals surface area contributed by atoms with Crippen molar-refractivity contribution in [3.8, 4) is 0 Å². The fourth-order valence-electron chi connectivity index (χ4n) is 3.73. The molecule has 2 fully saturated rings. The predicted molar refractivity (Wildman–Crippen MR) is 109 cm³/mol. The van der Waals surface area contributed by atoms with Gasteiger partial charge < -0.3 is 15.5 Å². The summed E-state index contributed by atoms with van der Waals surface area (Å²) in [5, 5.41) is 6.25. The van der Waals surface area contributed by atoms with Gasteiger partial charge in [-0.25, -0.2) is 0 Å². The molecular weight excluding hydrogens is 336 g/mol. The van der Waals surface area contributed by atoms with Crippen LogP contribution in [0.5, 0.6) is 0 Å². The van der Waals surface area contributed by atoms with Crippen molar-refractivity contribution in [3.05, 3.63) is 65.7 Å². The van der Waals surface area contributed by atoms with Crippen molar-refractivity contribution >= 4 is 11.6 Å². The number of hydrogen-bond acceptors (Lipinski definition) is 4. The quantitative estimate of drug-likeness (QED) is 0.821. The van der Waals surface area contributed by atoms with Crippen LogP contribution in [0.3, 0.4) is 0 Å². The van der Waals surface area contributed by atoms with Gasteiger partial charge in [0.2, 0.25) is 5.91 Å². The summed E-state index contributed by atoms with van der Waals surface area (Å²) in [5.74, 6) is 0.309. The summed E-state index contributed by atoms with van der Waals surface area (Å²) in [7, 11) is 0. The average molecular weight is 364 g/mol. The first-order valence-corrected chi connectivity index (χ1v) is 9.87. The number of carbonyl (C=O) groups is 1. The molecule has 0 saturated carbocycles. The standard InChI is InChI=1S/C22H28N4O/c27-22(20-14-23-15-20)24-16-18-6-4-5-7-19(18)17-25-10-12-26(13-11-25)21-8-2-1-3-9-21/h1-9,20,23H,10-17H2,(H,24,27). The summed E-state index contributed by atoms with van der Waals surface area (Å²) in [6.07, 6.45) is 0. The highest BCUT2D eigenvalue weighted by molar-refractivity contribution is 5.80. The zero-order valence-corrected chi connectivity index (χ0v) is 15.7. The number of anilines is 1. The minimum absolute atomic E-state index is 0.142. The van der Waals surface area contributed by atoms with Crippen LogP contribution in [-0.2, 0) is 17.9 Å². The van der Waals surface area contributed by atoms with Crippen molar-refractivity contribution in [1.82, 2.24) is 15.5 Å². The maximum Gasteiger partial charge on any atom is 0.225 e. The van der Waals surface area contributed by atoms with Gasteiger partial charge in [0.05, 0.1) is 5.92 Å². The van der Waals surface area contributed by atoms with E-state index in [1.54, 1.807) is 0 Å². The molecular formula is C22H28N4O. The summed E-state index contributed by atoms with van der Waals surface area (Å²) in [6.45, 7) is 7.40. The average Bonchev–Trinajstić information content (AvgIpc) is 2.67. The van der Waals surface area contributed by atoms with Crippen molar-refractivity contribution in [2.75, 3.05) is 44.2 Å². The molecule has 5 nitrogen and oxygen atoms in total. The van der Waals surface area contributed by atoms with Gasteiger partial charge >= 0.3 is 0 Å². The molecule has 2 saturated heterocycles. The van der Waals surface area contributed by atoms with E-state index in [0.717, 1.165) is 45.8 Å². The number of nitrogens with zero attached hydrogens (tertiary/aromatic N) is 2. The predicted octanol–water partition coefficient (Wildman–Crippen LogP) is 1.84. The maximum atomic E-state index is 12.1. The molecule has 2 heterocycles. The van der Waals surface area contributed by atoms with Gasteiger partial charge in [-0.2, -0.15) is 0 Å². The Labute approximate surface area is 161 Å². The molecule has 2 aromatic rings. The van der Waals surface area contributed by atoms with Crippen molar-refractivity contribution in [3.63, 3.8) is 0 Å². The molecule has 2 aliphatic rings. The number of para-hydroxylation sites is 1. The highest BCUT2D eigenvalue weighted by Crippen LogP contribution is 2.18. The molecule has 4 rings (SSSR count). The summed E-state index contributed by atoms with van der Waals surface area (Å²) in [6, 6.07) is 19.1. The topological polar surface area (TPSA) is 47.6 Å². The van der Waals surface area contributed by atoms with Gasteiger partial charge in [0.25, 0.3) is 0 Å². The van der Waals surface area contributed by atoms with Gasteiger partial charge in [-0.05, 0) is 23.3 Å². The number of nitrogens with one attached hydrogen (secondary N) is 2. The van der Waals surface area contributed by atoms with Crippen LogP contribution in [0.2, 0.25) is 0 Å². The van der Waals surface area contributed by atoms with Gasteiger partial charge in [-0.1, -0.05) is 42.5 Å². The summed E-state index contributed by atoms with van der Waals surface area (Å²) >= 11 is 0. The number of carbonyl (C=O) groups excluding carboxylic acids is 1. The van der Waals surface area contributed by atoms with E-state index in [2.05, 4.69) is 75.0 Å². The third kappa shape index (κ3) is 4.49. The molecule has 1 amide bonds. The van der Waals surface area contributed by atoms with Crippen LogP contribution in [0.4, 0.5) is 5.69 Å². The Bertz CT molecular complexity index is 752. The third-order valence-electron chi connectivity index (χ3n) is 5.61. The van der Waals surface area contributed by atoms with Crippen LogP contribution in [-0.4, -0.2) is 50.1 Å². The van der Waals surface area contributed by atoms with Crippen molar-refractivity contribution in [2.24, 2.45) is 5.92 Å². The Morgan fingerprint density at radius 1 is 0.926 bits per heavy atom. The molecule has 0 bridgehead atoms. The first-order chi connectivity index (χ1) is 13.3. The SMILES string of the molecule is O=C(NCc1ccccc1CN1CCN(c2ccccc2)CC1)C1CNC1. The largest absolute Gasteiger partial charge is 0.369 e. The smallest absolute Gasteiger partial charge is 0.225 e. The van der Waals surface area contributed by atoms with E-state index in [-0.39, 0.29) is 11.8 Å². The number of piperazine rings is 1. The summed E-state index contributed by atoms with van der Waals surface area (Å²) in [5.41, 5.74) is 3.85. The fraction of sp³-hybridized carbons (Fsp3) is 0.409. The zero-order valence-electron chi connectivity index (χ0n) is 15.7. The molecule has 142 valence electrons. The molecule has 0 unspecified atom stereocenters. The molecule has 0 atom stereocenters. The second-order valence-electron chi connectivity index (χ2n) is 7.44. The lowest BCUT2D eigenvalue weighted by Crippen LogP contribution is -2.50. The second-order valence-corrected chi connectivity index (χ2v) is 7.44. The first kappa shape index (κ1) is 18.0. The van der Waals surface area contributed by atoms with Gasteiger partial charge in [0.1, 0.15) is 0 Å². The minimum Gasteiger partial charge on any atom is -0.369 e. The minimum atomic E-state index is 0.142. The van der Waals surface area contributed by atoms with Crippen LogP contribution < -0.4 is 15.5 Å². The molecule has 2 N–H and O–H groups in total. The van der Waals surface area contributed by atoms with E-state index in [9.17, 15) is 4.79 Å². The van der Waals surface area contributed by atoms with E-state index < -0.39 is 0 Å². The first-order valence-electron chi connectivity index (χ1n) is 9.87. The molecule has 0 aliphatic carbocycles. The van der Waals surface area contributed by atoms with Crippen LogP contribution in [0, 0.1) is 5.92 Å².